The molecular weight excluding hydrogens is 354 g/mol. The summed E-state index contributed by atoms with van der Waals surface area (Å²) in [6.45, 7) is 3.86. The number of hydrogen-bond donors (Lipinski definition) is 1. The van der Waals surface area contributed by atoms with Crippen LogP contribution in [0.2, 0.25) is 0 Å². The zero-order valence-electron chi connectivity index (χ0n) is 12.4. The normalized spacial score (nSPS) is 13.3. The molecule has 0 aromatic heterocycles. The van der Waals surface area contributed by atoms with Gasteiger partial charge in [-0.3, -0.25) is 9.59 Å². The first-order valence-corrected chi connectivity index (χ1v) is 8.49. The fraction of sp³-hybridized carbons (Fsp3) is 0.467. The van der Waals surface area contributed by atoms with E-state index in [1.807, 2.05) is 38.1 Å². The van der Waals surface area contributed by atoms with Gasteiger partial charge >= 0.3 is 5.97 Å². The van der Waals surface area contributed by atoms with Gasteiger partial charge in [0.1, 0.15) is 0 Å². The van der Waals surface area contributed by atoms with Crippen molar-refractivity contribution in [3.8, 4) is 0 Å². The Morgan fingerprint density at radius 1 is 1.29 bits per heavy atom. The SMILES string of the molecule is COC(=O)CC(C)SCC(=O)NC(C)c1ccc(Br)cc1. The second-order valence-electron chi connectivity index (χ2n) is 4.74. The molecule has 116 valence electrons. The van der Waals surface area contributed by atoms with Crippen LogP contribution in [0.15, 0.2) is 28.7 Å². The number of hydrogen-bond acceptors (Lipinski definition) is 4. The molecule has 0 bridgehead atoms. The molecule has 0 aliphatic heterocycles. The quantitative estimate of drug-likeness (QED) is 0.744. The largest absolute Gasteiger partial charge is 0.469 e. The van der Waals surface area contributed by atoms with E-state index in [4.69, 9.17) is 0 Å². The van der Waals surface area contributed by atoms with E-state index in [2.05, 4.69) is 26.0 Å². The predicted octanol–water partition coefficient (Wildman–Crippen LogP) is 3.31. The highest BCUT2D eigenvalue weighted by Gasteiger charge is 2.13. The summed E-state index contributed by atoms with van der Waals surface area (Å²) in [6, 6.07) is 7.81. The maximum atomic E-state index is 11.9. The van der Waals surface area contributed by atoms with Crippen molar-refractivity contribution in [1.82, 2.24) is 5.32 Å². The van der Waals surface area contributed by atoms with Gasteiger partial charge in [0.05, 0.1) is 25.3 Å². The number of halogens is 1. The number of benzene rings is 1. The molecule has 0 spiro atoms. The number of rotatable bonds is 7. The smallest absolute Gasteiger partial charge is 0.306 e. The Hall–Kier alpha value is -1.01. The maximum absolute atomic E-state index is 11.9. The van der Waals surface area contributed by atoms with E-state index >= 15 is 0 Å². The molecule has 1 N–H and O–H groups in total. The van der Waals surface area contributed by atoms with Gasteiger partial charge < -0.3 is 10.1 Å². The van der Waals surface area contributed by atoms with Crippen LogP contribution in [0.3, 0.4) is 0 Å². The maximum Gasteiger partial charge on any atom is 0.306 e. The summed E-state index contributed by atoms with van der Waals surface area (Å²) in [5.74, 6) is 0.0460. The lowest BCUT2D eigenvalue weighted by atomic mass is 10.1. The standard InChI is InChI=1S/C15H20BrNO3S/c1-10(8-15(19)20-3)21-9-14(18)17-11(2)12-4-6-13(16)7-5-12/h4-7,10-11H,8-9H2,1-3H3,(H,17,18). The number of carbonyl (C=O) groups is 2. The van der Waals surface area contributed by atoms with Gasteiger partial charge in [-0.2, -0.15) is 0 Å². The zero-order chi connectivity index (χ0) is 15.8. The highest BCUT2D eigenvalue weighted by Crippen LogP contribution is 2.18. The number of carbonyl (C=O) groups excluding carboxylic acids is 2. The predicted molar refractivity (Wildman–Crippen MR) is 89.3 cm³/mol. The van der Waals surface area contributed by atoms with Crippen LogP contribution in [-0.2, 0) is 14.3 Å². The molecule has 1 amide bonds. The first kappa shape index (κ1) is 18.0. The minimum Gasteiger partial charge on any atom is -0.469 e. The van der Waals surface area contributed by atoms with Crippen LogP contribution in [0, 0.1) is 0 Å². The minimum atomic E-state index is -0.251. The molecule has 1 aromatic rings. The van der Waals surface area contributed by atoms with Crippen LogP contribution in [0.1, 0.15) is 31.9 Å². The molecule has 0 saturated heterocycles. The summed E-state index contributed by atoms with van der Waals surface area (Å²) < 4.78 is 5.61. The summed E-state index contributed by atoms with van der Waals surface area (Å²) in [4.78, 5) is 23.0. The zero-order valence-corrected chi connectivity index (χ0v) is 14.8. The van der Waals surface area contributed by atoms with Crippen LogP contribution in [0.5, 0.6) is 0 Å². The van der Waals surface area contributed by atoms with Gasteiger partial charge in [-0.15, -0.1) is 11.8 Å². The molecule has 0 aliphatic rings. The number of thioether (sulfide) groups is 1. The van der Waals surface area contributed by atoms with E-state index < -0.39 is 0 Å². The van der Waals surface area contributed by atoms with Gasteiger partial charge in [0.2, 0.25) is 5.91 Å². The van der Waals surface area contributed by atoms with Crippen molar-refractivity contribution in [1.29, 1.82) is 0 Å². The van der Waals surface area contributed by atoms with Crippen LogP contribution in [0.4, 0.5) is 0 Å². The number of nitrogens with one attached hydrogen (secondary N) is 1. The summed E-state index contributed by atoms with van der Waals surface area (Å²) >= 11 is 4.83. The molecule has 4 nitrogen and oxygen atoms in total. The van der Waals surface area contributed by atoms with E-state index in [9.17, 15) is 9.59 Å². The average Bonchev–Trinajstić information content (AvgIpc) is 2.45. The number of ether oxygens (including phenoxy) is 1. The first-order chi connectivity index (χ1) is 9.92. The Morgan fingerprint density at radius 3 is 2.48 bits per heavy atom. The lowest BCUT2D eigenvalue weighted by Crippen LogP contribution is -2.28. The van der Waals surface area contributed by atoms with Crippen molar-refractivity contribution in [3.63, 3.8) is 0 Å². The summed E-state index contributed by atoms with van der Waals surface area (Å²) in [6.07, 6.45) is 0.316. The molecule has 0 aliphatic carbocycles. The molecular formula is C15H20BrNO3S. The molecule has 6 heteroatoms. The molecule has 0 heterocycles. The highest BCUT2D eigenvalue weighted by molar-refractivity contribution is 9.10. The molecule has 1 aromatic carbocycles. The molecule has 1 rings (SSSR count). The fourth-order valence-electron chi connectivity index (χ4n) is 1.71. The van der Waals surface area contributed by atoms with Crippen molar-refractivity contribution in [3.05, 3.63) is 34.3 Å². The van der Waals surface area contributed by atoms with E-state index in [0.29, 0.717) is 12.2 Å². The highest BCUT2D eigenvalue weighted by atomic mass is 79.9. The number of methoxy groups -OCH3 is 1. The molecule has 0 radical (unpaired) electrons. The van der Waals surface area contributed by atoms with E-state index in [1.165, 1.54) is 18.9 Å². The van der Waals surface area contributed by atoms with Gasteiger partial charge in [-0.05, 0) is 24.6 Å². The van der Waals surface area contributed by atoms with Crippen molar-refractivity contribution < 1.29 is 14.3 Å². The van der Waals surface area contributed by atoms with E-state index in [-0.39, 0.29) is 23.2 Å². The number of amides is 1. The van der Waals surface area contributed by atoms with Crippen molar-refractivity contribution in [2.75, 3.05) is 12.9 Å². The average molecular weight is 374 g/mol. The van der Waals surface area contributed by atoms with Gasteiger partial charge in [-0.1, -0.05) is 35.0 Å². The summed E-state index contributed by atoms with van der Waals surface area (Å²) in [5.41, 5.74) is 1.05. The van der Waals surface area contributed by atoms with Gasteiger partial charge in [-0.25, -0.2) is 0 Å². The van der Waals surface area contributed by atoms with Crippen molar-refractivity contribution in [2.24, 2.45) is 0 Å². The topological polar surface area (TPSA) is 55.4 Å². The number of esters is 1. The molecule has 0 saturated carbocycles. The van der Waals surface area contributed by atoms with Crippen LogP contribution in [0.25, 0.3) is 0 Å². The van der Waals surface area contributed by atoms with Gasteiger partial charge in [0.15, 0.2) is 0 Å². The Kier molecular flexibility index (Phi) is 7.82. The Morgan fingerprint density at radius 2 is 1.90 bits per heavy atom. The molecule has 0 fully saturated rings. The molecule has 2 unspecified atom stereocenters. The monoisotopic (exact) mass is 373 g/mol. The Labute approximate surface area is 138 Å². The lowest BCUT2D eigenvalue weighted by Gasteiger charge is -2.15. The Balaban J connectivity index is 2.36. The molecule has 2 atom stereocenters. The second kappa shape index (κ2) is 9.10. The van der Waals surface area contributed by atoms with E-state index in [0.717, 1.165) is 10.0 Å². The Bertz CT molecular complexity index is 478. The van der Waals surface area contributed by atoms with Crippen LogP contribution in [-0.4, -0.2) is 30.0 Å². The summed E-state index contributed by atoms with van der Waals surface area (Å²) in [7, 11) is 1.37. The minimum absolute atomic E-state index is 0.0351. The lowest BCUT2D eigenvalue weighted by molar-refractivity contribution is -0.140. The van der Waals surface area contributed by atoms with Gasteiger partial charge in [0.25, 0.3) is 0 Å². The van der Waals surface area contributed by atoms with E-state index in [1.54, 1.807) is 0 Å². The first-order valence-electron chi connectivity index (χ1n) is 6.65. The van der Waals surface area contributed by atoms with Crippen molar-refractivity contribution in [2.45, 2.75) is 31.6 Å². The van der Waals surface area contributed by atoms with Crippen LogP contribution >= 0.6 is 27.7 Å². The van der Waals surface area contributed by atoms with Crippen LogP contribution < -0.4 is 5.32 Å². The second-order valence-corrected chi connectivity index (χ2v) is 7.09. The third-order valence-corrected chi connectivity index (χ3v) is 4.62. The summed E-state index contributed by atoms with van der Waals surface area (Å²) in [5, 5.41) is 3.01. The van der Waals surface area contributed by atoms with Gasteiger partial charge in [0, 0.05) is 9.72 Å². The van der Waals surface area contributed by atoms with Crippen molar-refractivity contribution >= 4 is 39.6 Å². The molecule has 21 heavy (non-hydrogen) atoms. The third kappa shape index (κ3) is 7.00. The fourth-order valence-corrected chi connectivity index (χ4v) is 2.75. The third-order valence-electron chi connectivity index (χ3n) is 2.93.